The van der Waals surface area contributed by atoms with Crippen LogP contribution in [0.3, 0.4) is 0 Å². The molecule has 13 nitrogen and oxygen atoms in total. The second-order valence-corrected chi connectivity index (χ2v) is 13.2. The highest BCUT2D eigenvalue weighted by Crippen LogP contribution is 2.48. The van der Waals surface area contributed by atoms with E-state index in [-0.39, 0.29) is 48.2 Å². The van der Waals surface area contributed by atoms with E-state index in [0.717, 1.165) is 5.56 Å². The third-order valence-electron chi connectivity index (χ3n) is 6.30. The van der Waals surface area contributed by atoms with Gasteiger partial charge in [0, 0.05) is 18.8 Å². The fourth-order valence-corrected chi connectivity index (χ4v) is 6.55. The van der Waals surface area contributed by atoms with E-state index < -0.39 is 23.7 Å². The molecule has 0 radical (unpaired) electrons. The summed E-state index contributed by atoms with van der Waals surface area (Å²) in [5, 5.41) is 5.45. The Hall–Kier alpha value is -2.90. The Labute approximate surface area is 240 Å². The molecule has 0 spiro atoms. The van der Waals surface area contributed by atoms with Crippen LogP contribution in [0, 0.1) is 6.92 Å². The Morgan fingerprint density at radius 1 is 1.00 bits per heavy atom. The molecular weight excluding hydrogens is 573 g/mol. The Bertz CT molecular complexity index is 1290. The van der Waals surface area contributed by atoms with E-state index >= 15 is 0 Å². The van der Waals surface area contributed by atoms with Gasteiger partial charge in [-0.3, -0.25) is 14.3 Å². The van der Waals surface area contributed by atoms with Crippen molar-refractivity contribution in [1.29, 1.82) is 0 Å². The van der Waals surface area contributed by atoms with Crippen molar-refractivity contribution in [2.45, 2.75) is 69.9 Å². The van der Waals surface area contributed by atoms with Crippen LogP contribution >= 0.6 is 7.60 Å². The van der Waals surface area contributed by atoms with E-state index in [1.807, 2.05) is 0 Å². The zero-order chi connectivity index (χ0) is 29.9. The predicted octanol–water partition coefficient (Wildman–Crippen LogP) is 3.30. The van der Waals surface area contributed by atoms with Crippen LogP contribution in [-0.4, -0.2) is 68.6 Å². The van der Waals surface area contributed by atoms with E-state index in [9.17, 15) is 22.6 Å². The van der Waals surface area contributed by atoms with Crippen molar-refractivity contribution in [2.24, 2.45) is 0 Å². The first-order valence-electron chi connectivity index (χ1n) is 13.5. The van der Waals surface area contributed by atoms with Crippen LogP contribution in [0.25, 0.3) is 0 Å². The second kappa shape index (κ2) is 15.4. The Morgan fingerprint density at radius 2 is 1.66 bits per heavy atom. The topological polar surface area (TPSA) is 175 Å². The Kier molecular flexibility index (Phi) is 12.2. The summed E-state index contributed by atoms with van der Waals surface area (Å²) < 4.78 is 56.2. The lowest BCUT2D eigenvalue weighted by Crippen LogP contribution is -2.46. The monoisotopic (exact) mass is 611 g/mol. The van der Waals surface area contributed by atoms with Gasteiger partial charge in [-0.1, -0.05) is 12.1 Å². The van der Waals surface area contributed by atoms with E-state index in [2.05, 4.69) is 25.3 Å². The molecule has 3 rings (SSSR count). The molecule has 2 aromatic rings. The number of benzene rings is 1. The van der Waals surface area contributed by atoms with Crippen LogP contribution in [-0.2, 0) is 34.8 Å². The van der Waals surface area contributed by atoms with Crippen LogP contribution in [0.4, 0.5) is 4.79 Å². The Balaban J connectivity index is 1.40. The highest BCUT2D eigenvalue weighted by atomic mass is 32.2. The van der Waals surface area contributed by atoms with Gasteiger partial charge in [-0.2, -0.15) is 0 Å². The van der Waals surface area contributed by atoms with Crippen molar-refractivity contribution in [3.8, 4) is 0 Å². The van der Waals surface area contributed by atoms with E-state index in [1.165, 1.54) is 24.5 Å². The number of carbonyl (C=O) groups is 2. The van der Waals surface area contributed by atoms with Gasteiger partial charge in [0.2, 0.25) is 0 Å². The van der Waals surface area contributed by atoms with Crippen molar-refractivity contribution in [3.05, 3.63) is 53.6 Å². The summed E-state index contributed by atoms with van der Waals surface area (Å²) >= 11 is 0. The lowest BCUT2D eigenvalue weighted by atomic mass is 9.93. The summed E-state index contributed by atoms with van der Waals surface area (Å²) in [6.07, 6.45) is 5.47. The SMILES string of the molecule is CCOP(=O)(COC1CCC(NC(=O)NS(=O)(=O)c2ccc(CCNC(=O)c3cnc(C)cn3)cc2)CC1)OCC. The van der Waals surface area contributed by atoms with Crippen molar-refractivity contribution in [1.82, 2.24) is 25.3 Å². The number of hydrogen-bond donors (Lipinski definition) is 3. The van der Waals surface area contributed by atoms with Gasteiger partial charge in [-0.25, -0.2) is 22.9 Å². The molecule has 1 saturated carbocycles. The number of hydrogen-bond acceptors (Lipinski definition) is 10. The number of nitrogens with one attached hydrogen (secondary N) is 3. The maximum atomic E-state index is 12.7. The van der Waals surface area contributed by atoms with Crippen molar-refractivity contribution >= 4 is 29.6 Å². The van der Waals surface area contributed by atoms with Crippen LogP contribution < -0.4 is 15.4 Å². The number of nitrogens with zero attached hydrogens (tertiary/aromatic N) is 2. The molecule has 226 valence electrons. The fraction of sp³-hybridized carbons (Fsp3) is 0.538. The van der Waals surface area contributed by atoms with Crippen LogP contribution in [0.2, 0.25) is 0 Å². The molecule has 1 aromatic heterocycles. The van der Waals surface area contributed by atoms with Gasteiger partial charge in [0.25, 0.3) is 15.9 Å². The average Bonchev–Trinajstić information content (AvgIpc) is 2.93. The third-order valence-corrected chi connectivity index (χ3v) is 9.42. The third kappa shape index (κ3) is 10.5. The largest absolute Gasteiger partial charge is 0.366 e. The van der Waals surface area contributed by atoms with E-state index in [1.54, 1.807) is 32.9 Å². The van der Waals surface area contributed by atoms with Gasteiger partial charge >= 0.3 is 13.6 Å². The Morgan fingerprint density at radius 3 is 2.24 bits per heavy atom. The zero-order valence-electron chi connectivity index (χ0n) is 23.5. The van der Waals surface area contributed by atoms with E-state index in [4.69, 9.17) is 13.8 Å². The minimum atomic E-state index is -4.08. The number of sulfonamides is 1. The summed E-state index contributed by atoms with van der Waals surface area (Å²) in [5.74, 6) is -0.345. The molecule has 1 heterocycles. The molecule has 3 amide bonds. The first-order chi connectivity index (χ1) is 19.5. The van der Waals surface area contributed by atoms with Crippen LogP contribution in [0.1, 0.15) is 61.3 Å². The highest BCUT2D eigenvalue weighted by Gasteiger charge is 2.29. The molecule has 3 N–H and O–H groups in total. The molecule has 1 fully saturated rings. The number of urea groups is 1. The number of amides is 3. The van der Waals surface area contributed by atoms with Gasteiger partial charge in [0.05, 0.1) is 36.1 Å². The van der Waals surface area contributed by atoms with Gasteiger partial charge in [0.15, 0.2) is 0 Å². The molecule has 15 heteroatoms. The molecular formula is C26H38N5O8PS. The maximum absolute atomic E-state index is 12.7. The van der Waals surface area contributed by atoms with Gasteiger partial charge in [-0.05, 0) is 70.6 Å². The lowest BCUT2D eigenvalue weighted by molar-refractivity contribution is 0.0364. The number of rotatable bonds is 14. The maximum Gasteiger partial charge on any atom is 0.356 e. The molecule has 0 saturated heterocycles. The van der Waals surface area contributed by atoms with Gasteiger partial charge in [0.1, 0.15) is 12.0 Å². The molecule has 41 heavy (non-hydrogen) atoms. The standard InChI is InChI=1S/C26H38N5O8PS/c1-4-38-40(34,39-5-2)18-37-22-10-8-21(9-11-22)30-26(33)31-41(35,36)23-12-6-20(7-13-23)14-15-27-25(32)24-17-28-19(3)16-29-24/h6-7,12-13,16-17,21-22H,4-5,8-11,14-15,18H2,1-3H3,(H,27,32)(H2,30,31,33). The van der Waals surface area contributed by atoms with Gasteiger partial charge in [-0.15, -0.1) is 0 Å². The first kappa shape index (κ1) is 32.6. The molecule has 1 aliphatic rings. The number of aryl methyl sites for hydroxylation is 1. The number of aromatic nitrogens is 2. The molecule has 1 aliphatic carbocycles. The summed E-state index contributed by atoms with van der Waals surface area (Å²) in [4.78, 5) is 32.6. The van der Waals surface area contributed by atoms with Crippen molar-refractivity contribution < 1.29 is 36.4 Å². The van der Waals surface area contributed by atoms with Crippen molar-refractivity contribution in [3.63, 3.8) is 0 Å². The smallest absolute Gasteiger partial charge is 0.356 e. The molecule has 0 atom stereocenters. The second-order valence-electron chi connectivity index (χ2n) is 9.49. The summed E-state index contributed by atoms with van der Waals surface area (Å²) in [6.45, 7) is 6.08. The molecule has 1 aromatic carbocycles. The highest BCUT2D eigenvalue weighted by molar-refractivity contribution is 7.90. The summed E-state index contributed by atoms with van der Waals surface area (Å²) in [7, 11) is -7.37. The zero-order valence-corrected chi connectivity index (χ0v) is 25.2. The molecule has 0 bridgehead atoms. The predicted molar refractivity (Wildman–Crippen MR) is 151 cm³/mol. The van der Waals surface area contributed by atoms with E-state index in [0.29, 0.717) is 44.3 Å². The minimum Gasteiger partial charge on any atom is -0.366 e. The normalized spacial score (nSPS) is 17.5. The summed E-state index contributed by atoms with van der Waals surface area (Å²) in [6, 6.07) is 5.04. The van der Waals surface area contributed by atoms with Gasteiger partial charge < -0.3 is 24.4 Å². The molecule has 0 aliphatic heterocycles. The first-order valence-corrected chi connectivity index (χ1v) is 16.7. The molecule has 0 unspecified atom stereocenters. The summed E-state index contributed by atoms with van der Waals surface area (Å²) in [5.41, 5.74) is 1.74. The number of ether oxygens (including phenoxy) is 1. The quantitative estimate of drug-likeness (QED) is 0.269. The minimum absolute atomic E-state index is 0.0551. The van der Waals surface area contributed by atoms with Crippen molar-refractivity contribution in [2.75, 3.05) is 26.1 Å². The lowest BCUT2D eigenvalue weighted by Gasteiger charge is -2.30. The van der Waals surface area contributed by atoms with Crippen LogP contribution in [0.5, 0.6) is 0 Å². The van der Waals surface area contributed by atoms with Crippen LogP contribution in [0.15, 0.2) is 41.6 Å². The average molecular weight is 612 g/mol. The number of carbonyl (C=O) groups excluding carboxylic acids is 2. The fourth-order valence-electron chi connectivity index (χ4n) is 4.23.